The van der Waals surface area contributed by atoms with Crippen LogP contribution in [0.25, 0.3) is 0 Å². The van der Waals surface area contributed by atoms with E-state index >= 15 is 0 Å². The lowest BCUT2D eigenvalue weighted by Crippen LogP contribution is -2.38. The molecule has 0 bridgehead atoms. The third-order valence-corrected chi connectivity index (χ3v) is 11.4. The Bertz CT molecular complexity index is 1340. The zero-order chi connectivity index (χ0) is 35.3. The second kappa shape index (κ2) is 19.2. The van der Waals surface area contributed by atoms with Gasteiger partial charge >= 0.3 is 0 Å². The third-order valence-electron chi connectivity index (χ3n) is 11.4. The number of rotatable bonds is 13. The maximum absolute atomic E-state index is 13.1. The van der Waals surface area contributed by atoms with Crippen LogP contribution in [0.15, 0.2) is 60.7 Å². The minimum atomic E-state index is -0.242. The van der Waals surface area contributed by atoms with Gasteiger partial charge in [-0.25, -0.2) is 0 Å². The van der Waals surface area contributed by atoms with Crippen LogP contribution in [-0.4, -0.2) is 52.3 Å². The van der Waals surface area contributed by atoms with Crippen molar-refractivity contribution in [2.45, 2.75) is 97.3 Å². The van der Waals surface area contributed by atoms with Crippen molar-refractivity contribution < 1.29 is 34.2 Å². The zero-order valence-corrected chi connectivity index (χ0v) is 29.4. The molecule has 0 aromatic heterocycles. The van der Waals surface area contributed by atoms with Crippen LogP contribution in [-0.2, 0) is 14.4 Å². The minimum absolute atomic E-state index is 0.0672. The molecule has 0 saturated heterocycles. The van der Waals surface area contributed by atoms with E-state index in [2.05, 4.69) is 0 Å². The van der Waals surface area contributed by atoms with Gasteiger partial charge in [-0.05, 0) is 64.2 Å². The molecule has 266 valence electrons. The molecule has 0 aliphatic heterocycles. The molecule has 3 aliphatic rings. The number of carbonyl (C=O) groups is 5. The number of Topliss-reactive ketones (excluding diaryl/α,β-unsaturated/α-hetero) is 5. The first-order valence-electron chi connectivity index (χ1n) is 18.7. The topological polar surface area (TPSA) is 126 Å². The van der Waals surface area contributed by atoms with Gasteiger partial charge in [0.15, 0.2) is 11.6 Å². The third kappa shape index (κ3) is 10.4. The van der Waals surface area contributed by atoms with E-state index in [0.29, 0.717) is 19.3 Å². The Morgan fingerprint density at radius 3 is 1.31 bits per heavy atom. The first-order valence-corrected chi connectivity index (χ1v) is 18.7. The number of carbonyl (C=O) groups excluding carboxylic acids is 5. The fraction of sp³-hybridized carbons (Fsp3) is 0.595. The number of aliphatic hydroxyl groups excluding tert-OH is 2. The monoisotopic (exact) mass is 672 g/mol. The SMILES string of the molecule is CCC(CC(C)C(=O)c1ccccc1)C(=O)c1ccccc1.O=C1C(CO)CCCC1CC1CCCC(CC2CCCC(CO)C2=O)C1=O. The summed E-state index contributed by atoms with van der Waals surface area (Å²) in [4.78, 5) is 63.1. The maximum Gasteiger partial charge on any atom is 0.165 e. The predicted molar refractivity (Wildman–Crippen MR) is 190 cm³/mol. The number of benzene rings is 2. The standard InChI is InChI=1S/C22H34O5.C20H22O2/c23-12-18-8-2-6-16(21(18)26)10-14-4-1-5-15(20(14)25)11-17-7-3-9-19(13-24)22(17)27;1-3-16(20(22)18-12-8-5-9-13-18)14-15(2)19(21)17-10-6-4-7-11-17/h14-19,23-24H,1-13H2;4-13,15-16H,3,14H2,1-2H3. The Labute approximate surface area is 292 Å². The zero-order valence-electron chi connectivity index (χ0n) is 29.4. The van der Waals surface area contributed by atoms with Crippen LogP contribution in [0.5, 0.6) is 0 Å². The molecule has 0 amide bonds. The van der Waals surface area contributed by atoms with Crippen molar-refractivity contribution in [3.8, 4) is 0 Å². The average Bonchev–Trinajstić information content (AvgIpc) is 3.14. The van der Waals surface area contributed by atoms with E-state index in [9.17, 15) is 34.2 Å². The van der Waals surface area contributed by atoms with Crippen molar-refractivity contribution >= 4 is 28.9 Å². The van der Waals surface area contributed by atoms with Crippen molar-refractivity contribution in [1.29, 1.82) is 0 Å². The quantitative estimate of drug-likeness (QED) is 0.211. The van der Waals surface area contributed by atoms with Gasteiger partial charge in [0.1, 0.15) is 17.3 Å². The van der Waals surface area contributed by atoms with Crippen molar-refractivity contribution in [3.63, 3.8) is 0 Å². The number of hydrogen-bond acceptors (Lipinski definition) is 7. The summed E-state index contributed by atoms with van der Waals surface area (Å²) in [5, 5.41) is 18.8. The van der Waals surface area contributed by atoms with Gasteiger partial charge in [0.05, 0.1) is 13.2 Å². The second-order valence-electron chi connectivity index (χ2n) is 14.7. The maximum atomic E-state index is 13.1. The molecule has 2 aromatic rings. The van der Waals surface area contributed by atoms with E-state index in [1.54, 1.807) is 0 Å². The smallest absolute Gasteiger partial charge is 0.165 e. The summed E-state index contributed by atoms with van der Waals surface area (Å²) >= 11 is 0. The van der Waals surface area contributed by atoms with Crippen molar-refractivity contribution in [2.24, 2.45) is 47.3 Å². The molecular formula is C42H56O7. The lowest BCUT2D eigenvalue weighted by atomic mass is 9.68. The van der Waals surface area contributed by atoms with Crippen molar-refractivity contribution in [1.82, 2.24) is 0 Å². The summed E-state index contributed by atoms with van der Waals surface area (Å²) in [6.45, 7) is 3.76. The minimum Gasteiger partial charge on any atom is -0.396 e. The fourth-order valence-corrected chi connectivity index (χ4v) is 8.39. The molecule has 7 nitrogen and oxygen atoms in total. The summed E-state index contributed by atoms with van der Waals surface area (Å²) in [6.07, 6.45) is 10.4. The van der Waals surface area contributed by atoms with Gasteiger partial charge in [-0.2, -0.15) is 0 Å². The molecule has 0 radical (unpaired) electrons. The average molecular weight is 673 g/mol. The molecule has 8 atom stereocenters. The molecule has 7 heteroatoms. The number of aliphatic hydroxyl groups is 2. The lowest BCUT2D eigenvalue weighted by molar-refractivity contribution is -0.135. The van der Waals surface area contributed by atoms with Gasteiger partial charge in [-0.15, -0.1) is 0 Å². The molecule has 8 unspecified atom stereocenters. The van der Waals surface area contributed by atoms with Crippen LogP contribution in [0.3, 0.4) is 0 Å². The van der Waals surface area contributed by atoms with Crippen LogP contribution in [0.1, 0.15) is 118 Å². The van der Waals surface area contributed by atoms with E-state index in [4.69, 9.17) is 0 Å². The van der Waals surface area contributed by atoms with Crippen LogP contribution >= 0.6 is 0 Å². The molecule has 0 spiro atoms. The van der Waals surface area contributed by atoms with Crippen LogP contribution < -0.4 is 0 Å². The van der Waals surface area contributed by atoms with Crippen LogP contribution in [0.2, 0.25) is 0 Å². The summed E-state index contributed by atoms with van der Waals surface area (Å²) in [5.41, 5.74) is 1.45. The molecule has 5 rings (SSSR count). The van der Waals surface area contributed by atoms with Crippen LogP contribution in [0.4, 0.5) is 0 Å². The Morgan fingerprint density at radius 2 is 0.939 bits per heavy atom. The van der Waals surface area contributed by atoms with Gasteiger partial charge < -0.3 is 10.2 Å². The highest BCUT2D eigenvalue weighted by molar-refractivity contribution is 6.00. The second-order valence-corrected chi connectivity index (χ2v) is 14.7. The first kappa shape index (κ1) is 38.5. The fourth-order valence-electron chi connectivity index (χ4n) is 8.39. The van der Waals surface area contributed by atoms with Gasteiger partial charge in [0.25, 0.3) is 0 Å². The van der Waals surface area contributed by atoms with Gasteiger partial charge in [-0.1, -0.05) is 93.8 Å². The number of hydrogen-bond donors (Lipinski definition) is 2. The Balaban J connectivity index is 0.000000226. The molecule has 2 N–H and O–H groups in total. The van der Waals surface area contributed by atoms with E-state index < -0.39 is 0 Å². The van der Waals surface area contributed by atoms with Crippen LogP contribution in [0, 0.1) is 47.3 Å². The Hall–Kier alpha value is -3.29. The molecular weight excluding hydrogens is 616 g/mol. The molecule has 3 saturated carbocycles. The normalized spacial score (nSPS) is 27.1. The van der Waals surface area contributed by atoms with Gasteiger partial charge in [0, 0.05) is 58.5 Å². The predicted octanol–water partition coefficient (Wildman–Crippen LogP) is 7.51. The van der Waals surface area contributed by atoms with E-state index in [1.165, 1.54) is 0 Å². The largest absolute Gasteiger partial charge is 0.396 e. The summed E-state index contributed by atoms with van der Waals surface area (Å²) in [7, 11) is 0. The molecule has 0 heterocycles. The molecule has 3 fully saturated rings. The van der Waals surface area contributed by atoms with E-state index in [1.807, 2.05) is 74.5 Å². The lowest BCUT2D eigenvalue weighted by Gasteiger charge is -2.35. The summed E-state index contributed by atoms with van der Waals surface area (Å²) in [5.74, 6) is -0.261. The summed E-state index contributed by atoms with van der Waals surface area (Å²) < 4.78 is 0. The summed E-state index contributed by atoms with van der Waals surface area (Å²) in [6, 6.07) is 18.6. The molecule has 2 aromatic carbocycles. The van der Waals surface area contributed by atoms with Gasteiger partial charge in [-0.3, -0.25) is 24.0 Å². The number of ketones is 5. The van der Waals surface area contributed by atoms with Crippen molar-refractivity contribution in [3.05, 3.63) is 71.8 Å². The Morgan fingerprint density at radius 1 is 0.592 bits per heavy atom. The van der Waals surface area contributed by atoms with E-state index in [-0.39, 0.29) is 89.5 Å². The highest BCUT2D eigenvalue weighted by Gasteiger charge is 2.40. The molecule has 49 heavy (non-hydrogen) atoms. The first-order chi connectivity index (χ1) is 23.7. The highest BCUT2D eigenvalue weighted by atomic mass is 16.3. The highest BCUT2D eigenvalue weighted by Crippen LogP contribution is 2.39. The van der Waals surface area contributed by atoms with Gasteiger partial charge in [0.2, 0.25) is 0 Å². The van der Waals surface area contributed by atoms with Crippen molar-refractivity contribution in [2.75, 3.05) is 13.2 Å². The van der Waals surface area contributed by atoms with E-state index in [0.717, 1.165) is 75.3 Å². The Kier molecular flexibility index (Phi) is 15.1. The molecule has 3 aliphatic carbocycles.